The zero-order valence-corrected chi connectivity index (χ0v) is 12.8. The summed E-state index contributed by atoms with van der Waals surface area (Å²) >= 11 is 0. The lowest BCUT2D eigenvalue weighted by Gasteiger charge is -2.31. The minimum absolute atomic E-state index is 0.134. The molecular weight excluding hydrogens is 298 g/mol. The highest BCUT2D eigenvalue weighted by molar-refractivity contribution is 7.89. The Morgan fingerprint density at radius 3 is 2.24 bits per heavy atom. The van der Waals surface area contributed by atoms with Crippen molar-refractivity contribution in [2.45, 2.75) is 37.5 Å². The van der Waals surface area contributed by atoms with Crippen molar-refractivity contribution in [2.24, 2.45) is 5.92 Å². The Bertz CT molecular complexity index is 588. The van der Waals surface area contributed by atoms with E-state index < -0.39 is 26.6 Å². The van der Waals surface area contributed by atoms with E-state index in [1.807, 2.05) is 0 Å². The van der Waals surface area contributed by atoms with E-state index in [-0.39, 0.29) is 5.69 Å². The topological polar surface area (TPSA) is 63.4 Å². The molecule has 1 aliphatic rings. The molecule has 0 aromatic heterocycles. The maximum Gasteiger partial charge on any atom is 0.248 e. The average molecular weight is 318 g/mol. The van der Waals surface area contributed by atoms with Crippen molar-refractivity contribution in [1.29, 1.82) is 0 Å². The smallest absolute Gasteiger partial charge is 0.248 e. The van der Waals surface area contributed by atoms with Crippen molar-refractivity contribution in [3.63, 3.8) is 0 Å². The van der Waals surface area contributed by atoms with Gasteiger partial charge in [-0.05, 0) is 30.9 Å². The van der Waals surface area contributed by atoms with Crippen LogP contribution in [0.2, 0.25) is 0 Å². The summed E-state index contributed by atoms with van der Waals surface area (Å²) in [4.78, 5) is -0.898. The van der Waals surface area contributed by atoms with Crippen LogP contribution in [0.5, 0.6) is 0 Å². The Balaban J connectivity index is 2.24. The van der Waals surface area contributed by atoms with E-state index in [0.29, 0.717) is 19.0 Å². The van der Waals surface area contributed by atoms with Crippen molar-refractivity contribution in [2.75, 3.05) is 18.8 Å². The molecule has 2 N–H and O–H groups in total. The van der Waals surface area contributed by atoms with Gasteiger partial charge in [-0.15, -0.1) is 0 Å². The number of nitrogens with two attached hydrogens (primary N) is 1. The van der Waals surface area contributed by atoms with Gasteiger partial charge in [-0.2, -0.15) is 4.31 Å². The molecule has 0 spiro atoms. The van der Waals surface area contributed by atoms with Gasteiger partial charge in [0.2, 0.25) is 10.0 Å². The molecule has 0 amide bonds. The minimum Gasteiger partial charge on any atom is -0.399 e. The van der Waals surface area contributed by atoms with Gasteiger partial charge >= 0.3 is 0 Å². The van der Waals surface area contributed by atoms with Gasteiger partial charge in [0.1, 0.15) is 11.6 Å². The van der Waals surface area contributed by atoms with Crippen LogP contribution >= 0.6 is 0 Å². The number of benzene rings is 1. The van der Waals surface area contributed by atoms with Gasteiger partial charge in [0.05, 0.1) is 0 Å². The van der Waals surface area contributed by atoms with E-state index in [9.17, 15) is 17.2 Å². The summed E-state index contributed by atoms with van der Waals surface area (Å²) in [5.41, 5.74) is 5.18. The predicted octanol–water partition coefficient (Wildman–Crippen LogP) is 2.75. The minimum atomic E-state index is -4.15. The summed E-state index contributed by atoms with van der Waals surface area (Å²) in [7, 11) is -4.15. The molecule has 0 saturated carbocycles. The predicted molar refractivity (Wildman–Crippen MR) is 77.2 cm³/mol. The van der Waals surface area contributed by atoms with Crippen LogP contribution in [0.4, 0.5) is 14.5 Å². The van der Waals surface area contributed by atoms with Crippen LogP contribution in [0.1, 0.15) is 32.6 Å². The Kier molecular flexibility index (Phi) is 4.83. The SMILES string of the molecule is CCCC1CCN(S(=O)(=O)c2c(F)cc(N)cc2F)CC1. The average Bonchev–Trinajstić information content (AvgIpc) is 2.38. The Morgan fingerprint density at radius 2 is 1.76 bits per heavy atom. The van der Waals surface area contributed by atoms with Gasteiger partial charge in [0.25, 0.3) is 0 Å². The van der Waals surface area contributed by atoms with Crippen molar-refractivity contribution >= 4 is 15.7 Å². The number of piperidine rings is 1. The highest BCUT2D eigenvalue weighted by atomic mass is 32.2. The van der Waals surface area contributed by atoms with Crippen LogP contribution < -0.4 is 5.73 Å². The molecule has 1 aliphatic heterocycles. The first-order chi connectivity index (χ1) is 9.86. The molecule has 1 fully saturated rings. The molecule has 118 valence electrons. The highest BCUT2D eigenvalue weighted by Crippen LogP contribution is 2.29. The molecule has 7 heteroatoms. The lowest BCUT2D eigenvalue weighted by atomic mass is 9.94. The van der Waals surface area contributed by atoms with Crippen LogP contribution in [0.3, 0.4) is 0 Å². The summed E-state index contributed by atoms with van der Waals surface area (Å²) in [5, 5.41) is 0. The lowest BCUT2D eigenvalue weighted by molar-refractivity contribution is 0.261. The first-order valence-electron chi connectivity index (χ1n) is 7.11. The fraction of sp³-hybridized carbons (Fsp3) is 0.571. The molecule has 0 atom stereocenters. The maximum absolute atomic E-state index is 13.8. The van der Waals surface area contributed by atoms with E-state index in [4.69, 9.17) is 5.73 Å². The molecule has 4 nitrogen and oxygen atoms in total. The molecule has 0 aliphatic carbocycles. The number of hydrogen-bond acceptors (Lipinski definition) is 3. The number of hydrogen-bond donors (Lipinski definition) is 1. The van der Waals surface area contributed by atoms with E-state index in [2.05, 4.69) is 6.92 Å². The normalized spacial score (nSPS) is 18.0. The van der Waals surface area contributed by atoms with Gasteiger partial charge in [-0.1, -0.05) is 19.8 Å². The maximum atomic E-state index is 13.8. The van der Waals surface area contributed by atoms with Crippen LogP contribution in [0.15, 0.2) is 17.0 Å². The molecule has 21 heavy (non-hydrogen) atoms. The van der Waals surface area contributed by atoms with Crippen molar-refractivity contribution in [1.82, 2.24) is 4.31 Å². The van der Waals surface area contributed by atoms with E-state index in [1.165, 1.54) is 0 Å². The second kappa shape index (κ2) is 6.27. The van der Waals surface area contributed by atoms with E-state index in [0.717, 1.165) is 42.1 Å². The number of nitrogen functional groups attached to an aromatic ring is 1. The third-order valence-electron chi connectivity index (χ3n) is 3.89. The summed E-state index contributed by atoms with van der Waals surface area (Å²) in [6.07, 6.45) is 3.56. The third kappa shape index (κ3) is 3.35. The van der Waals surface area contributed by atoms with Crippen LogP contribution in [0, 0.1) is 17.6 Å². The molecule has 2 rings (SSSR count). The largest absolute Gasteiger partial charge is 0.399 e. The van der Waals surface area contributed by atoms with Crippen molar-refractivity contribution in [3.8, 4) is 0 Å². The van der Waals surface area contributed by atoms with Gasteiger partial charge < -0.3 is 5.73 Å². The molecule has 1 aromatic rings. The fourth-order valence-electron chi connectivity index (χ4n) is 2.80. The number of anilines is 1. The van der Waals surface area contributed by atoms with Crippen molar-refractivity contribution < 1.29 is 17.2 Å². The first-order valence-corrected chi connectivity index (χ1v) is 8.55. The van der Waals surface area contributed by atoms with Crippen LogP contribution in [-0.4, -0.2) is 25.8 Å². The summed E-state index contributed by atoms with van der Waals surface area (Å²) in [6.45, 7) is 2.69. The lowest BCUT2D eigenvalue weighted by Crippen LogP contribution is -2.39. The van der Waals surface area contributed by atoms with Crippen LogP contribution in [0.25, 0.3) is 0 Å². The second-order valence-corrected chi connectivity index (χ2v) is 7.32. The third-order valence-corrected chi connectivity index (χ3v) is 5.84. The zero-order chi connectivity index (χ0) is 15.6. The molecule has 0 unspecified atom stereocenters. The summed E-state index contributed by atoms with van der Waals surface area (Å²) in [6, 6.07) is 1.67. The van der Waals surface area contributed by atoms with E-state index in [1.54, 1.807) is 0 Å². The molecule has 0 bridgehead atoms. The molecule has 1 heterocycles. The fourth-order valence-corrected chi connectivity index (χ4v) is 4.36. The number of halogens is 2. The molecule has 0 radical (unpaired) electrons. The first kappa shape index (κ1) is 16.2. The molecule has 1 aromatic carbocycles. The zero-order valence-electron chi connectivity index (χ0n) is 12.0. The number of rotatable bonds is 4. The Morgan fingerprint density at radius 1 is 1.24 bits per heavy atom. The van der Waals surface area contributed by atoms with Gasteiger partial charge in [0.15, 0.2) is 4.90 Å². The summed E-state index contributed by atoms with van der Waals surface area (Å²) in [5.74, 6) is -1.78. The second-order valence-electron chi connectivity index (χ2n) is 5.45. The highest BCUT2D eigenvalue weighted by Gasteiger charge is 2.33. The molecule has 1 saturated heterocycles. The Hall–Kier alpha value is -1.21. The Labute approximate surface area is 124 Å². The summed E-state index contributed by atoms with van der Waals surface area (Å²) < 4.78 is 53.7. The van der Waals surface area contributed by atoms with Crippen LogP contribution in [-0.2, 0) is 10.0 Å². The quantitative estimate of drug-likeness (QED) is 0.868. The van der Waals surface area contributed by atoms with Crippen molar-refractivity contribution in [3.05, 3.63) is 23.8 Å². The van der Waals surface area contributed by atoms with Gasteiger partial charge in [-0.25, -0.2) is 17.2 Å². The number of nitrogens with zero attached hydrogens (tertiary/aromatic N) is 1. The van der Waals surface area contributed by atoms with E-state index >= 15 is 0 Å². The number of sulfonamides is 1. The monoisotopic (exact) mass is 318 g/mol. The molecular formula is C14H20F2N2O2S. The standard InChI is InChI=1S/C14H20F2N2O2S/c1-2-3-10-4-6-18(7-5-10)21(19,20)14-12(15)8-11(17)9-13(14)16/h8-10H,2-7,17H2,1H3. The van der Waals surface area contributed by atoms with Gasteiger partial charge in [0, 0.05) is 18.8 Å². The van der Waals surface area contributed by atoms with Gasteiger partial charge in [-0.3, -0.25) is 0 Å².